The number of aryl methyl sites for hydroxylation is 2. The number of rotatable bonds is 6. The van der Waals surface area contributed by atoms with E-state index in [1.807, 2.05) is 31.5 Å². The standard InChI is InChI=1S/C16H21F2N3/c1-4-9-19-16(12-7-6-8-13(17)15(12)18)14-10-11(3)20-21(14)5-2/h6-8,10,16,19H,4-5,9H2,1-3H3. The second-order valence-electron chi connectivity index (χ2n) is 5.06. The van der Waals surface area contributed by atoms with Crippen LogP contribution in [0.3, 0.4) is 0 Å². The minimum Gasteiger partial charge on any atom is -0.305 e. The molecule has 0 saturated carbocycles. The Labute approximate surface area is 124 Å². The molecule has 1 heterocycles. The summed E-state index contributed by atoms with van der Waals surface area (Å²) in [5.74, 6) is -1.62. The fraction of sp³-hybridized carbons (Fsp3) is 0.438. The summed E-state index contributed by atoms with van der Waals surface area (Å²) in [6.07, 6.45) is 0.909. The highest BCUT2D eigenvalue weighted by atomic mass is 19.2. The molecule has 0 radical (unpaired) electrons. The maximum Gasteiger partial charge on any atom is 0.163 e. The highest BCUT2D eigenvalue weighted by Gasteiger charge is 2.23. The summed E-state index contributed by atoms with van der Waals surface area (Å²) in [4.78, 5) is 0. The van der Waals surface area contributed by atoms with Gasteiger partial charge in [0.1, 0.15) is 0 Å². The van der Waals surface area contributed by atoms with Crippen LogP contribution in [0.1, 0.15) is 43.3 Å². The van der Waals surface area contributed by atoms with Crippen molar-refractivity contribution in [2.24, 2.45) is 0 Å². The average molecular weight is 293 g/mol. The molecule has 3 nitrogen and oxygen atoms in total. The highest BCUT2D eigenvalue weighted by molar-refractivity contribution is 5.31. The van der Waals surface area contributed by atoms with Crippen LogP contribution in [0.2, 0.25) is 0 Å². The van der Waals surface area contributed by atoms with E-state index in [0.29, 0.717) is 18.7 Å². The van der Waals surface area contributed by atoms with Gasteiger partial charge >= 0.3 is 0 Å². The van der Waals surface area contributed by atoms with Gasteiger partial charge in [0.2, 0.25) is 0 Å². The summed E-state index contributed by atoms with van der Waals surface area (Å²) in [6.45, 7) is 7.32. The fourth-order valence-corrected chi connectivity index (χ4v) is 2.46. The first-order valence-electron chi connectivity index (χ1n) is 7.30. The Kier molecular flexibility index (Phi) is 5.07. The number of nitrogens with zero attached hydrogens (tertiary/aromatic N) is 2. The Hall–Kier alpha value is -1.75. The maximum atomic E-state index is 14.2. The van der Waals surface area contributed by atoms with Crippen molar-refractivity contribution in [3.05, 3.63) is 52.9 Å². The molecule has 5 heteroatoms. The molecule has 0 bridgehead atoms. The van der Waals surface area contributed by atoms with Crippen LogP contribution < -0.4 is 5.32 Å². The van der Waals surface area contributed by atoms with E-state index in [9.17, 15) is 8.78 Å². The van der Waals surface area contributed by atoms with Crippen molar-refractivity contribution in [1.29, 1.82) is 0 Å². The van der Waals surface area contributed by atoms with Gasteiger partial charge < -0.3 is 5.32 Å². The molecular weight excluding hydrogens is 272 g/mol. The summed E-state index contributed by atoms with van der Waals surface area (Å²) in [7, 11) is 0. The highest BCUT2D eigenvalue weighted by Crippen LogP contribution is 2.26. The molecule has 0 aliphatic rings. The molecule has 1 aromatic carbocycles. The predicted molar refractivity (Wildman–Crippen MR) is 79.1 cm³/mol. The van der Waals surface area contributed by atoms with Crippen molar-refractivity contribution in [3.63, 3.8) is 0 Å². The van der Waals surface area contributed by atoms with Crippen LogP contribution in [0.15, 0.2) is 24.3 Å². The van der Waals surface area contributed by atoms with Gasteiger partial charge in [0.05, 0.1) is 17.4 Å². The zero-order valence-corrected chi connectivity index (χ0v) is 12.7. The van der Waals surface area contributed by atoms with Gasteiger partial charge in [-0.1, -0.05) is 19.1 Å². The van der Waals surface area contributed by atoms with Crippen molar-refractivity contribution in [1.82, 2.24) is 15.1 Å². The molecule has 0 spiro atoms. The Morgan fingerprint density at radius 2 is 2.05 bits per heavy atom. The van der Waals surface area contributed by atoms with Gasteiger partial charge in [-0.05, 0) is 38.9 Å². The first-order chi connectivity index (χ1) is 10.1. The van der Waals surface area contributed by atoms with Gasteiger partial charge in [-0.25, -0.2) is 8.78 Å². The molecule has 2 rings (SSSR count). The van der Waals surface area contributed by atoms with E-state index in [1.54, 1.807) is 6.07 Å². The normalized spacial score (nSPS) is 12.6. The van der Waals surface area contributed by atoms with E-state index in [0.717, 1.165) is 23.9 Å². The minimum absolute atomic E-state index is 0.318. The third-order valence-corrected chi connectivity index (χ3v) is 3.42. The van der Waals surface area contributed by atoms with Crippen LogP contribution in [0.25, 0.3) is 0 Å². The minimum atomic E-state index is -0.824. The lowest BCUT2D eigenvalue weighted by atomic mass is 10.0. The average Bonchev–Trinajstić information content (AvgIpc) is 2.84. The van der Waals surface area contributed by atoms with E-state index < -0.39 is 17.7 Å². The predicted octanol–water partition coefficient (Wildman–Crippen LogP) is 3.58. The topological polar surface area (TPSA) is 29.9 Å². The Bertz CT molecular complexity index is 608. The Morgan fingerprint density at radius 3 is 2.71 bits per heavy atom. The first-order valence-corrected chi connectivity index (χ1v) is 7.30. The van der Waals surface area contributed by atoms with Gasteiger partial charge in [0.15, 0.2) is 11.6 Å². The third kappa shape index (κ3) is 3.29. The van der Waals surface area contributed by atoms with E-state index >= 15 is 0 Å². The first kappa shape index (κ1) is 15.6. The van der Waals surface area contributed by atoms with Crippen molar-refractivity contribution < 1.29 is 8.78 Å². The van der Waals surface area contributed by atoms with E-state index in [1.165, 1.54) is 6.07 Å². The van der Waals surface area contributed by atoms with Crippen molar-refractivity contribution >= 4 is 0 Å². The molecule has 0 saturated heterocycles. The summed E-state index contributed by atoms with van der Waals surface area (Å²) < 4.78 is 29.5. The lowest BCUT2D eigenvalue weighted by Crippen LogP contribution is -2.26. The molecule has 0 amide bonds. The maximum absolute atomic E-state index is 14.2. The molecule has 0 aliphatic carbocycles. The van der Waals surface area contributed by atoms with Gasteiger partial charge in [-0.2, -0.15) is 5.10 Å². The smallest absolute Gasteiger partial charge is 0.163 e. The molecule has 1 aromatic heterocycles. The lowest BCUT2D eigenvalue weighted by Gasteiger charge is -2.20. The summed E-state index contributed by atoms with van der Waals surface area (Å²) >= 11 is 0. The number of nitrogens with one attached hydrogen (secondary N) is 1. The summed E-state index contributed by atoms with van der Waals surface area (Å²) in [5.41, 5.74) is 2.04. The summed E-state index contributed by atoms with van der Waals surface area (Å²) in [6, 6.07) is 5.81. The molecule has 2 aromatic rings. The van der Waals surface area contributed by atoms with Gasteiger partial charge in [0, 0.05) is 12.1 Å². The largest absolute Gasteiger partial charge is 0.305 e. The molecule has 21 heavy (non-hydrogen) atoms. The zero-order chi connectivity index (χ0) is 15.4. The SMILES string of the molecule is CCCNC(c1cccc(F)c1F)c1cc(C)nn1CC. The molecule has 114 valence electrons. The van der Waals surface area contributed by atoms with Crippen LogP contribution in [0.5, 0.6) is 0 Å². The van der Waals surface area contributed by atoms with Crippen molar-refractivity contribution in [2.75, 3.05) is 6.54 Å². The molecule has 0 aliphatic heterocycles. The second kappa shape index (κ2) is 6.80. The number of halogens is 2. The number of benzene rings is 1. The third-order valence-electron chi connectivity index (χ3n) is 3.42. The van der Waals surface area contributed by atoms with Gasteiger partial charge in [0.25, 0.3) is 0 Å². The second-order valence-corrected chi connectivity index (χ2v) is 5.06. The number of aromatic nitrogens is 2. The lowest BCUT2D eigenvalue weighted by molar-refractivity contribution is 0.467. The molecule has 1 unspecified atom stereocenters. The van der Waals surface area contributed by atoms with Crippen LogP contribution in [0, 0.1) is 18.6 Å². The monoisotopic (exact) mass is 293 g/mol. The molecular formula is C16H21F2N3. The molecule has 1 atom stereocenters. The molecule has 0 fully saturated rings. The summed E-state index contributed by atoms with van der Waals surface area (Å²) in [5, 5.41) is 7.69. The van der Waals surface area contributed by atoms with Gasteiger partial charge in [-0.15, -0.1) is 0 Å². The van der Waals surface area contributed by atoms with Crippen LogP contribution in [-0.2, 0) is 6.54 Å². The number of hydrogen-bond acceptors (Lipinski definition) is 2. The van der Waals surface area contributed by atoms with Crippen LogP contribution >= 0.6 is 0 Å². The quantitative estimate of drug-likeness (QED) is 0.882. The Morgan fingerprint density at radius 1 is 1.29 bits per heavy atom. The zero-order valence-electron chi connectivity index (χ0n) is 12.7. The number of hydrogen-bond donors (Lipinski definition) is 1. The van der Waals surface area contributed by atoms with E-state index in [-0.39, 0.29) is 0 Å². The van der Waals surface area contributed by atoms with Crippen LogP contribution in [-0.4, -0.2) is 16.3 Å². The van der Waals surface area contributed by atoms with Gasteiger partial charge in [-0.3, -0.25) is 4.68 Å². The Balaban J connectivity index is 2.49. The fourth-order valence-electron chi connectivity index (χ4n) is 2.46. The van der Waals surface area contributed by atoms with E-state index in [2.05, 4.69) is 10.4 Å². The van der Waals surface area contributed by atoms with Crippen LogP contribution in [0.4, 0.5) is 8.78 Å². The van der Waals surface area contributed by atoms with E-state index in [4.69, 9.17) is 0 Å². The van der Waals surface area contributed by atoms with Crippen molar-refractivity contribution in [3.8, 4) is 0 Å². The molecule has 1 N–H and O–H groups in total. The van der Waals surface area contributed by atoms with Crippen molar-refractivity contribution in [2.45, 2.75) is 39.8 Å².